The molecule has 0 aromatic carbocycles. The zero-order chi connectivity index (χ0) is 18.3. The van der Waals surface area contributed by atoms with Crippen molar-refractivity contribution in [3.63, 3.8) is 0 Å². The van der Waals surface area contributed by atoms with Crippen LogP contribution in [0, 0.1) is 12.7 Å². The van der Waals surface area contributed by atoms with Gasteiger partial charge in [0.1, 0.15) is 5.60 Å². The van der Waals surface area contributed by atoms with Crippen molar-refractivity contribution < 1.29 is 18.0 Å². The minimum Gasteiger partial charge on any atom is -0.455 e. The van der Waals surface area contributed by atoms with Crippen molar-refractivity contribution in [2.24, 2.45) is 7.05 Å². The van der Waals surface area contributed by atoms with Crippen LogP contribution in [0.4, 0.5) is 4.39 Å². The fourth-order valence-corrected chi connectivity index (χ4v) is 1.65. The highest BCUT2D eigenvalue weighted by molar-refractivity contribution is 5.95. The summed E-state index contributed by atoms with van der Waals surface area (Å²) in [6.07, 6.45) is 1.77. The SMILES string of the molecule is [2H]C([2H])([2H])c1c(-c2ncc(F)cn2)c(C(=O)OC(C)(C)C)nn1C. The quantitative estimate of drug-likeness (QED) is 0.795. The molecule has 0 fully saturated rings. The fraction of sp³-hybridized carbons (Fsp3) is 0.429. The van der Waals surface area contributed by atoms with Crippen LogP contribution in [0.5, 0.6) is 0 Å². The molecule has 0 aliphatic carbocycles. The maximum Gasteiger partial charge on any atom is 0.360 e. The lowest BCUT2D eigenvalue weighted by atomic mass is 10.1. The molecule has 2 aromatic rings. The number of halogens is 1. The second-order valence-electron chi connectivity index (χ2n) is 5.42. The molecule has 0 saturated heterocycles. The molecule has 0 bridgehead atoms. The van der Waals surface area contributed by atoms with Crippen LogP contribution in [0.15, 0.2) is 12.4 Å². The van der Waals surface area contributed by atoms with E-state index in [2.05, 4.69) is 15.1 Å². The summed E-state index contributed by atoms with van der Waals surface area (Å²) in [7, 11) is 1.39. The van der Waals surface area contributed by atoms with Crippen LogP contribution in [0.3, 0.4) is 0 Å². The molecule has 6 nitrogen and oxygen atoms in total. The van der Waals surface area contributed by atoms with Crippen molar-refractivity contribution in [2.45, 2.75) is 33.2 Å². The first-order valence-electron chi connectivity index (χ1n) is 7.69. The lowest BCUT2D eigenvalue weighted by Gasteiger charge is -2.18. The minimum absolute atomic E-state index is 0.0910. The first-order valence-corrected chi connectivity index (χ1v) is 6.19. The van der Waals surface area contributed by atoms with Gasteiger partial charge in [0.25, 0.3) is 0 Å². The van der Waals surface area contributed by atoms with E-state index in [1.54, 1.807) is 20.8 Å². The molecular weight excluding hydrogens is 275 g/mol. The summed E-state index contributed by atoms with van der Waals surface area (Å²) in [6.45, 7) is 2.45. The van der Waals surface area contributed by atoms with E-state index in [0.717, 1.165) is 17.1 Å². The van der Waals surface area contributed by atoms with E-state index in [4.69, 9.17) is 8.85 Å². The van der Waals surface area contributed by atoms with Crippen molar-refractivity contribution in [3.8, 4) is 11.4 Å². The van der Waals surface area contributed by atoms with Crippen LogP contribution < -0.4 is 0 Å². The van der Waals surface area contributed by atoms with Crippen LogP contribution in [0.25, 0.3) is 11.4 Å². The van der Waals surface area contributed by atoms with Crippen molar-refractivity contribution in [1.82, 2.24) is 19.7 Å². The van der Waals surface area contributed by atoms with Gasteiger partial charge < -0.3 is 4.74 Å². The predicted octanol–water partition coefficient (Wildman–Crippen LogP) is 2.28. The average molecular weight is 295 g/mol. The molecule has 0 spiro atoms. The van der Waals surface area contributed by atoms with Gasteiger partial charge in [-0.05, 0) is 27.6 Å². The number of aromatic nitrogens is 4. The standard InChI is InChI=1S/C14H17FN4O2/c1-8-10(12-16-6-9(15)7-17-12)11(18-19(8)5)13(20)21-14(2,3)4/h6-7H,1-5H3/i1D3. The molecule has 112 valence electrons. The molecule has 0 unspecified atom stereocenters. The Morgan fingerprint density at radius 2 is 2.00 bits per heavy atom. The number of carbonyl (C=O) groups is 1. The van der Waals surface area contributed by atoms with Crippen LogP contribution >= 0.6 is 0 Å². The molecule has 0 aliphatic rings. The summed E-state index contributed by atoms with van der Waals surface area (Å²) in [4.78, 5) is 20.0. The number of hydrogen-bond donors (Lipinski definition) is 0. The van der Waals surface area contributed by atoms with E-state index in [9.17, 15) is 9.18 Å². The predicted molar refractivity (Wildman–Crippen MR) is 74.1 cm³/mol. The zero-order valence-corrected chi connectivity index (χ0v) is 12.1. The molecule has 0 radical (unpaired) electrons. The van der Waals surface area contributed by atoms with Crippen LogP contribution in [0.1, 0.15) is 41.1 Å². The molecular formula is C14H17FN4O2. The van der Waals surface area contributed by atoms with E-state index in [0.29, 0.717) is 0 Å². The first kappa shape index (κ1) is 11.4. The maximum absolute atomic E-state index is 13.1. The number of aryl methyl sites for hydroxylation is 1. The van der Waals surface area contributed by atoms with Crippen molar-refractivity contribution >= 4 is 5.97 Å². The topological polar surface area (TPSA) is 69.9 Å². The fourth-order valence-electron chi connectivity index (χ4n) is 1.65. The molecule has 2 rings (SSSR count). The van der Waals surface area contributed by atoms with Gasteiger partial charge in [0, 0.05) is 16.9 Å². The third-order valence-electron chi connectivity index (χ3n) is 2.48. The molecule has 2 heterocycles. The normalized spacial score (nSPS) is 14.2. The molecule has 0 atom stereocenters. The molecule has 7 heteroatoms. The van der Waals surface area contributed by atoms with Gasteiger partial charge in [-0.25, -0.2) is 19.2 Å². The van der Waals surface area contributed by atoms with Gasteiger partial charge in [0.15, 0.2) is 17.3 Å². The number of nitrogens with zero attached hydrogens (tertiary/aromatic N) is 4. The van der Waals surface area contributed by atoms with E-state index >= 15 is 0 Å². The summed E-state index contributed by atoms with van der Waals surface area (Å²) >= 11 is 0. The Bertz CT molecular complexity index is 764. The number of esters is 1. The smallest absolute Gasteiger partial charge is 0.360 e. The Labute approximate surface area is 126 Å². The number of rotatable bonds is 2. The number of ether oxygens (including phenoxy) is 1. The van der Waals surface area contributed by atoms with Gasteiger partial charge in [-0.3, -0.25) is 4.68 Å². The first-order chi connectivity index (χ1) is 10.9. The van der Waals surface area contributed by atoms with Crippen LogP contribution in [0.2, 0.25) is 0 Å². The van der Waals surface area contributed by atoms with Crippen LogP contribution in [-0.2, 0) is 11.8 Å². The summed E-state index contributed by atoms with van der Waals surface area (Å²) < 4.78 is 42.4. The lowest BCUT2D eigenvalue weighted by Crippen LogP contribution is -2.24. The second kappa shape index (κ2) is 5.23. The molecule has 0 saturated carbocycles. The summed E-state index contributed by atoms with van der Waals surface area (Å²) in [5.41, 5.74) is -1.35. The Kier molecular flexibility index (Phi) is 2.83. The largest absolute Gasteiger partial charge is 0.455 e. The van der Waals surface area contributed by atoms with Gasteiger partial charge in [-0.15, -0.1) is 0 Å². The van der Waals surface area contributed by atoms with Gasteiger partial charge in [0.2, 0.25) is 0 Å². The minimum atomic E-state index is -2.57. The Hall–Kier alpha value is -2.31. The number of hydrogen-bond acceptors (Lipinski definition) is 5. The third-order valence-corrected chi connectivity index (χ3v) is 2.48. The molecule has 0 aliphatic heterocycles. The third kappa shape index (κ3) is 3.24. The lowest BCUT2D eigenvalue weighted by molar-refractivity contribution is 0.00629. The Morgan fingerprint density at radius 3 is 2.52 bits per heavy atom. The monoisotopic (exact) mass is 295 g/mol. The van der Waals surface area contributed by atoms with E-state index in [1.807, 2.05) is 0 Å². The van der Waals surface area contributed by atoms with E-state index < -0.39 is 24.2 Å². The highest BCUT2D eigenvalue weighted by atomic mass is 19.1. The van der Waals surface area contributed by atoms with Gasteiger partial charge in [-0.2, -0.15) is 5.10 Å². The highest BCUT2D eigenvalue weighted by Gasteiger charge is 2.27. The summed E-state index contributed by atoms with van der Waals surface area (Å²) in [5.74, 6) is -1.61. The summed E-state index contributed by atoms with van der Waals surface area (Å²) in [6, 6.07) is 0. The van der Waals surface area contributed by atoms with E-state index in [1.165, 1.54) is 7.05 Å². The number of carbonyl (C=O) groups excluding carboxylic acids is 1. The van der Waals surface area contributed by atoms with Gasteiger partial charge in [0.05, 0.1) is 18.0 Å². The molecule has 0 amide bonds. The van der Waals surface area contributed by atoms with Crippen molar-refractivity contribution in [3.05, 3.63) is 29.6 Å². The van der Waals surface area contributed by atoms with Crippen molar-refractivity contribution in [1.29, 1.82) is 0 Å². The summed E-state index contributed by atoms with van der Waals surface area (Å²) in [5, 5.41) is 3.97. The molecule has 0 N–H and O–H groups in total. The molecule has 2 aromatic heterocycles. The van der Waals surface area contributed by atoms with Gasteiger partial charge in [-0.1, -0.05) is 0 Å². The van der Waals surface area contributed by atoms with E-state index in [-0.39, 0.29) is 22.8 Å². The zero-order valence-electron chi connectivity index (χ0n) is 15.1. The molecule has 21 heavy (non-hydrogen) atoms. The van der Waals surface area contributed by atoms with Crippen molar-refractivity contribution in [2.75, 3.05) is 0 Å². The maximum atomic E-state index is 13.1. The van der Waals surface area contributed by atoms with Gasteiger partial charge >= 0.3 is 5.97 Å². The average Bonchev–Trinajstić information content (AvgIpc) is 2.75. The Morgan fingerprint density at radius 1 is 1.38 bits per heavy atom. The Balaban J connectivity index is 2.68. The highest BCUT2D eigenvalue weighted by Crippen LogP contribution is 2.25. The van der Waals surface area contributed by atoms with Crippen LogP contribution in [-0.4, -0.2) is 31.3 Å². The second-order valence-corrected chi connectivity index (χ2v) is 5.42.